The lowest BCUT2D eigenvalue weighted by atomic mass is 9.91. The van der Waals surface area contributed by atoms with Crippen LogP contribution in [-0.2, 0) is 6.42 Å². The first-order valence-corrected chi connectivity index (χ1v) is 10.3. The average Bonchev–Trinajstić information content (AvgIpc) is 3.09. The second kappa shape index (κ2) is 7.73. The van der Waals surface area contributed by atoms with E-state index in [2.05, 4.69) is 17.0 Å². The maximum Gasteiger partial charge on any atom is 0.0931 e. The average molecular weight is 406 g/mol. The van der Waals surface area contributed by atoms with Crippen LogP contribution in [0.1, 0.15) is 30.1 Å². The Labute approximate surface area is 170 Å². The summed E-state index contributed by atoms with van der Waals surface area (Å²) in [5.41, 5.74) is 1.32. The maximum absolute atomic E-state index is 11.1. The van der Waals surface area contributed by atoms with E-state index in [1.807, 2.05) is 18.2 Å². The van der Waals surface area contributed by atoms with Gasteiger partial charge in [0.05, 0.1) is 11.7 Å². The van der Waals surface area contributed by atoms with Crippen molar-refractivity contribution in [2.24, 2.45) is 11.8 Å². The van der Waals surface area contributed by atoms with Gasteiger partial charge < -0.3 is 10.2 Å². The quantitative estimate of drug-likeness (QED) is 0.777. The van der Waals surface area contributed by atoms with Crippen LogP contribution in [0.3, 0.4) is 0 Å². The molecule has 27 heavy (non-hydrogen) atoms. The molecule has 3 unspecified atom stereocenters. The Bertz CT molecular complexity index is 784. The fourth-order valence-electron chi connectivity index (χ4n) is 4.94. The summed E-state index contributed by atoms with van der Waals surface area (Å²) in [5.74, 6) is 0.984. The smallest absolute Gasteiger partial charge is 0.0931 e. The van der Waals surface area contributed by atoms with Crippen molar-refractivity contribution in [3.8, 4) is 0 Å². The van der Waals surface area contributed by atoms with E-state index in [9.17, 15) is 10.2 Å². The highest BCUT2D eigenvalue weighted by molar-refractivity contribution is 6.35. The molecule has 4 rings (SSSR count). The van der Waals surface area contributed by atoms with Gasteiger partial charge >= 0.3 is 0 Å². The maximum atomic E-state index is 11.1. The first kappa shape index (κ1) is 19.2. The van der Waals surface area contributed by atoms with Gasteiger partial charge in [0.2, 0.25) is 0 Å². The molecular formula is C22H25Cl2NO2. The Hall–Kier alpha value is -1.10. The number of fused-ring (bicyclic) bond motifs is 1. The molecule has 3 atom stereocenters. The molecule has 1 heterocycles. The largest absolute Gasteiger partial charge is 0.390 e. The topological polar surface area (TPSA) is 43.7 Å². The second-order valence-electron chi connectivity index (χ2n) is 8.22. The molecule has 0 bridgehead atoms. The Balaban J connectivity index is 1.34. The molecule has 5 heteroatoms. The third-order valence-electron chi connectivity index (χ3n) is 6.07. The Morgan fingerprint density at radius 3 is 2.33 bits per heavy atom. The molecule has 1 saturated carbocycles. The SMILES string of the molecule is OC(CN1CC2CC(O)(Cc3ccccc3)CC2C1)c1ccc(Cl)cc1Cl. The Kier molecular flexibility index (Phi) is 5.50. The molecule has 2 aromatic rings. The van der Waals surface area contributed by atoms with Gasteiger partial charge in [-0.1, -0.05) is 59.6 Å². The van der Waals surface area contributed by atoms with Crippen LogP contribution in [0.15, 0.2) is 48.5 Å². The van der Waals surface area contributed by atoms with E-state index >= 15 is 0 Å². The monoisotopic (exact) mass is 405 g/mol. The molecule has 2 N–H and O–H groups in total. The summed E-state index contributed by atoms with van der Waals surface area (Å²) in [6.07, 6.45) is 1.77. The normalized spacial score (nSPS) is 29.0. The minimum atomic E-state index is -0.628. The van der Waals surface area contributed by atoms with Crippen LogP contribution < -0.4 is 0 Å². The molecule has 0 amide bonds. The standard InChI is InChI=1S/C22H25Cl2NO2/c23-18-6-7-19(20(24)8-18)21(26)14-25-12-16-10-22(27,11-17(16)13-25)9-15-4-2-1-3-5-15/h1-8,16-17,21,26-27H,9-14H2. The first-order valence-electron chi connectivity index (χ1n) is 9.53. The van der Waals surface area contributed by atoms with Gasteiger partial charge in [0.15, 0.2) is 0 Å². The summed E-state index contributed by atoms with van der Waals surface area (Å²) in [7, 11) is 0. The molecule has 1 aliphatic carbocycles. The molecule has 2 aliphatic rings. The summed E-state index contributed by atoms with van der Waals surface area (Å²) in [4.78, 5) is 2.30. The van der Waals surface area contributed by atoms with Gasteiger partial charge in [-0.15, -0.1) is 0 Å². The summed E-state index contributed by atoms with van der Waals surface area (Å²) >= 11 is 12.2. The Morgan fingerprint density at radius 1 is 1.04 bits per heavy atom. The molecular weight excluding hydrogens is 381 g/mol. The van der Waals surface area contributed by atoms with Crippen molar-refractivity contribution >= 4 is 23.2 Å². The fourth-order valence-corrected chi connectivity index (χ4v) is 5.48. The number of hydrogen-bond donors (Lipinski definition) is 2. The first-order chi connectivity index (χ1) is 12.9. The lowest BCUT2D eigenvalue weighted by Crippen LogP contribution is -2.33. The number of rotatable bonds is 5. The lowest BCUT2D eigenvalue weighted by Gasteiger charge is -2.27. The molecule has 0 radical (unpaired) electrons. The number of hydrogen-bond acceptors (Lipinski definition) is 3. The molecule has 0 aromatic heterocycles. The van der Waals surface area contributed by atoms with Crippen molar-refractivity contribution in [3.63, 3.8) is 0 Å². The number of aliphatic hydroxyl groups excluding tert-OH is 1. The number of nitrogens with zero attached hydrogens (tertiary/aromatic N) is 1. The Morgan fingerprint density at radius 2 is 1.70 bits per heavy atom. The fraction of sp³-hybridized carbons (Fsp3) is 0.455. The van der Waals surface area contributed by atoms with Gasteiger partial charge in [-0.2, -0.15) is 0 Å². The minimum Gasteiger partial charge on any atom is -0.390 e. The van der Waals surface area contributed by atoms with Crippen LogP contribution in [0, 0.1) is 11.8 Å². The van der Waals surface area contributed by atoms with Gasteiger partial charge in [-0.3, -0.25) is 4.90 Å². The van der Waals surface area contributed by atoms with Crippen LogP contribution >= 0.6 is 23.2 Å². The van der Waals surface area contributed by atoms with Crippen LogP contribution in [-0.4, -0.2) is 40.3 Å². The van der Waals surface area contributed by atoms with Crippen LogP contribution in [0.25, 0.3) is 0 Å². The zero-order valence-corrected chi connectivity index (χ0v) is 16.7. The number of benzene rings is 2. The van der Waals surface area contributed by atoms with E-state index in [4.69, 9.17) is 23.2 Å². The van der Waals surface area contributed by atoms with Gasteiger partial charge in [0.25, 0.3) is 0 Å². The molecule has 2 fully saturated rings. The predicted octanol–water partition coefficient (Wildman–Crippen LogP) is 4.34. The number of β-amino-alcohol motifs (C(OH)–C–C–N with tert-alkyl or cyclic N) is 1. The zero-order chi connectivity index (χ0) is 19.0. The number of likely N-dealkylation sites (tertiary alicyclic amines) is 1. The van der Waals surface area contributed by atoms with Crippen LogP contribution in [0.4, 0.5) is 0 Å². The van der Waals surface area contributed by atoms with Gasteiger partial charge in [0.1, 0.15) is 0 Å². The second-order valence-corrected chi connectivity index (χ2v) is 9.06. The van der Waals surface area contributed by atoms with E-state index in [-0.39, 0.29) is 0 Å². The van der Waals surface area contributed by atoms with Crippen molar-refractivity contribution in [1.82, 2.24) is 4.90 Å². The zero-order valence-electron chi connectivity index (χ0n) is 15.2. The van der Waals surface area contributed by atoms with Crippen molar-refractivity contribution in [2.45, 2.75) is 31.0 Å². The van der Waals surface area contributed by atoms with Crippen LogP contribution in [0.5, 0.6) is 0 Å². The van der Waals surface area contributed by atoms with E-state index in [0.717, 1.165) is 37.9 Å². The summed E-state index contributed by atoms with van der Waals surface area (Å²) in [6, 6.07) is 15.5. The third kappa shape index (κ3) is 4.33. The van der Waals surface area contributed by atoms with Gasteiger partial charge in [-0.25, -0.2) is 0 Å². The van der Waals surface area contributed by atoms with Crippen LogP contribution in [0.2, 0.25) is 10.0 Å². The van der Waals surface area contributed by atoms with E-state index < -0.39 is 11.7 Å². The molecule has 1 saturated heterocycles. The molecule has 3 nitrogen and oxygen atoms in total. The lowest BCUT2D eigenvalue weighted by molar-refractivity contribution is 0.0328. The third-order valence-corrected chi connectivity index (χ3v) is 6.63. The minimum absolute atomic E-state index is 0.492. The predicted molar refractivity (Wildman–Crippen MR) is 109 cm³/mol. The highest BCUT2D eigenvalue weighted by Crippen LogP contribution is 2.45. The molecule has 2 aromatic carbocycles. The van der Waals surface area contributed by atoms with Gasteiger partial charge in [-0.05, 0) is 42.4 Å². The van der Waals surface area contributed by atoms with Crippen molar-refractivity contribution in [1.29, 1.82) is 0 Å². The molecule has 1 aliphatic heterocycles. The number of halogens is 2. The van der Waals surface area contributed by atoms with Crippen molar-refractivity contribution in [2.75, 3.05) is 19.6 Å². The summed E-state index contributed by atoms with van der Waals surface area (Å²) in [6.45, 7) is 2.40. The highest BCUT2D eigenvalue weighted by Gasteiger charge is 2.48. The summed E-state index contributed by atoms with van der Waals surface area (Å²) in [5, 5.41) is 22.7. The van der Waals surface area contributed by atoms with Gasteiger partial charge in [0, 0.05) is 41.7 Å². The highest BCUT2D eigenvalue weighted by atomic mass is 35.5. The van der Waals surface area contributed by atoms with Crippen molar-refractivity contribution in [3.05, 3.63) is 69.7 Å². The molecule has 144 valence electrons. The summed E-state index contributed by atoms with van der Waals surface area (Å²) < 4.78 is 0. The van der Waals surface area contributed by atoms with Crippen molar-refractivity contribution < 1.29 is 10.2 Å². The number of aliphatic hydroxyl groups is 2. The molecule has 0 spiro atoms. The van der Waals surface area contributed by atoms with E-state index in [1.165, 1.54) is 5.56 Å². The van der Waals surface area contributed by atoms with E-state index in [1.54, 1.807) is 18.2 Å². The van der Waals surface area contributed by atoms with E-state index in [0.29, 0.717) is 28.4 Å².